The normalized spacial score (nSPS) is 43.9. The number of nitrogens with one attached hydrogen (secondary N) is 2. The fourth-order valence-electron chi connectivity index (χ4n) is 7.22. The Hall–Kier alpha value is -2.71. The first-order valence-electron chi connectivity index (χ1n) is 13.7. The van der Waals surface area contributed by atoms with E-state index in [1.165, 1.54) is 18.6 Å². The second kappa shape index (κ2) is 11.8. The lowest BCUT2D eigenvalue weighted by atomic mass is 9.75. The highest BCUT2D eigenvalue weighted by Crippen LogP contribution is 2.57. The summed E-state index contributed by atoms with van der Waals surface area (Å²) in [5.74, 6) is 0.400. The molecule has 37 heavy (non-hydrogen) atoms. The predicted molar refractivity (Wildman–Crippen MR) is 139 cm³/mol. The van der Waals surface area contributed by atoms with Crippen LogP contribution in [0, 0.1) is 35.5 Å². The maximum atomic E-state index is 12.7. The number of carbonyl (C=O) groups is 3. The number of carbonyl (C=O) groups excluding carboxylic acids is 3. The number of allylic oxidation sites excluding steroid dienone is 5. The molecule has 3 fully saturated rings. The molecule has 2 aliphatic heterocycles. The van der Waals surface area contributed by atoms with E-state index in [0.717, 1.165) is 12.8 Å². The van der Waals surface area contributed by atoms with Gasteiger partial charge in [0.15, 0.2) is 5.78 Å². The summed E-state index contributed by atoms with van der Waals surface area (Å²) < 4.78 is 0. The van der Waals surface area contributed by atoms with E-state index in [9.17, 15) is 29.7 Å². The molecule has 2 bridgehead atoms. The molecule has 2 saturated carbocycles. The summed E-state index contributed by atoms with van der Waals surface area (Å²) in [5, 5.41) is 37.2. The first-order valence-corrected chi connectivity index (χ1v) is 13.7. The highest BCUT2D eigenvalue weighted by atomic mass is 16.3. The zero-order valence-electron chi connectivity index (χ0n) is 21.7. The van der Waals surface area contributed by atoms with Crippen molar-refractivity contribution in [3.05, 3.63) is 47.8 Å². The molecule has 0 radical (unpaired) electrons. The molecule has 2 amide bonds. The molecule has 1 saturated heterocycles. The fraction of sp³-hybridized carbons (Fsp3) is 0.621. The van der Waals surface area contributed by atoms with Crippen LogP contribution < -0.4 is 10.6 Å². The lowest BCUT2D eigenvalue weighted by Gasteiger charge is -2.32. The molecule has 0 spiro atoms. The van der Waals surface area contributed by atoms with Gasteiger partial charge in [0.25, 0.3) is 5.91 Å². The average Bonchev–Trinajstić information content (AvgIpc) is 3.48. The molecule has 8 nitrogen and oxygen atoms in total. The van der Waals surface area contributed by atoms with Gasteiger partial charge in [-0.1, -0.05) is 44.6 Å². The van der Waals surface area contributed by atoms with E-state index < -0.39 is 35.7 Å². The third-order valence-electron chi connectivity index (χ3n) is 9.03. The van der Waals surface area contributed by atoms with E-state index in [1.54, 1.807) is 12.2 Å². The summed E-state index contributed by atoms with van der Waals surface area (Å²) in [4.78, 5) is 37.2. The summed E-state index contributed by atoms with van der Waals surface area (Å²) in [6.45, 7) is 4.68. The molecule has 202 valence electrons. The second-order valence-electron chi connectivity index (χ2n) is 11.1. The number of hydrogen-bond donors (Lipinski definition) is 5. The van der Waals surface area contributed by atoms with Gasteiger partial charge in [0.05, 0.1) is 12.2 Å². The molecular weight excluding hydrogens is 472 g/mol. The van der Waals surface area contributed by atoms with Crippen molar-refractivity contribution < 1.29 is 29.7 Å². The van der Waals surface area contributed by atoms with Crippen LogP contribution in [0.5, 0.6) is 0 Å². The highest BCUT2D eigenvalue weighted by Gasteiger charge is 2.52. The topological polar surface area (TPSA) is 136 Å². The van der Waals surface area contributed by atoms with Crippen molar-refractivity contribution in [2.45, 2.75) is 70.6 Å². The Labute approximate surface area is 218 Å². The van der Waals surface area contributed by atoms with Crippen LogP contribution >= 0.6 is 0 Å². The summed E-state index contributed by atoms with van der Waals surface area (Å²) >= 11 is 0. The van der Waals surface area contributed by atoms with Gasteiger partial charge in [-0.25, -0.2) is 0 Å². The van der Waals surface area contributed by atoms with Crippen molar-refractivity contribution >= 4 is 17.6 Å². The lowest BCUT2D eigenvalue weighted by molar-refractivity contribution is -0.118. The third-order valence-corrected chi connectivity index (χ3v) is 9.03. The highest BCUT2D eigenvalue weighted by molar-refractivity contribution is 6.27. The Morgan fingerprint density at radius 2 is 1.78 bits per heavy atom. The van der Waals surface area contributed by atoms with Gasteiger partial charge in [-0.15, -0.1) is 0 Å². The Bertz CT molecular complexity index is 1010. The van der Waals surface area contributed by atoms with Crippen molar-refractivity contribution in [2.75, 3.05) is 6.54 Å². The number of ketones is 1. The van der Waals surface area contributed by atoms with E-state index in [0.29, 0.717) is 36.5 Å². The van der Waals surface area contributed by atoms with E-state index in [4.69, 9.17) is 0 Å². The van der Waals surface area contributed by atoms with Crippen LogP contribution in [-0.2, 0) is 14.4 Å². The summed E-state index contributed by atoms with van der Waals surface area (Å²) in [6, 6.07) is -1.17. The quantitative estimate of drug-likeness (QED) is 0.343. The minimum absolute atomic E-state index is 0.0668. The Kier molecular flexibility index (Phi) is 8.70. The summed E-state index contributed by atoms with van der Waals surface area (Å²) in [7, 11) is 0. The van der Waals surface area contributed by atoms with Gasteiger partial charge >= 0.3 is 0 Å². The molecule has 9 atom stereocenters. The maximum Gasteiger partial charge on any atom is 0.259 e. The van der Waals surface area contributed by atoms with Crippen LogP contribution in [0.3, 0.4) is 0 Å². The number of aliphatic hydroxyl groups excluding tert-OH is 3. The van der Waals surface area contributed by atoms with Crippen molar-refractivity contribution in [1.29, 1.82) is 0 Å². The molecule has 4 aliphatic rings. The van der Waals surface area contributed by atoms with E-state index in [1.807, 2.05) is 6.08 Å². The van der Waals surface area contributed by atoms with Gasteiger partial charge < -0.3 is 26.0 Å². The minimum atomic E-state index is -1.20. The van der Waals surface area contributed by atoms with Crippen LogP contribution in [0.15, 0.2) is 47.8 Å². The molecule has 8 heteroatoms. The molecule has 0 aromatic rings. The standard InChI is InChI=1S/C29H40N2O6/c1-3-17-14-19-15-18-8-4-7-11-23(35)30-13-12-22(34)27-28(36)26(29(37)31-27)21(33)10-6-5-9-20(32)25(18)24(19)16(17)2/h4,6-8,10-11,16-20,22,24-25,27,32-34H,3,5,9,12-15H2,1-2H3,(H,30,35)(H,31,37)/b8-4-,10-6-,11-7-,26-21-/t16-,17+,18+,19+,20-,22-,24+,25-,27-/m0/s1. The number of Topliss-reactive ketones (excluding diaryl/α,β-unsaturated/α-hetero) is 1. The maximum absolute atomic E-state index is 12.7. The molecule has 0 aromatic heterocycles. The number of rotatable bonds is 1. The smallest absolute Gasteiger partial charge is 0.259 e. The van der Waals surface area contributed by atoms with Crippen LogP contribution in [0.1, 0.15) is 52.4 Å². The van der Waals surface area contributed by atoms with Gasteiger partial charge in [0.2, 0.25) is 5.91 Å². The van der Waals surface area contributed by atoms with Crippen LogP contribution in [0.4, 0.5) is 0 Å². The number of fused-ring (bicyclic) bond motifs is 5. The monoisotopic (exact) mass is 512 g/mol. The van der Waals surface area contributed by atoms with Gasteiger partial charge in [0, 0.05) is 12.6 Å². The summed E-state index contributed by atoms with van der Waals surface area (Å²) in [6.07, 6.45) is 12.8. The van der Waals surface area contributed by atoms with Crippen molar-refractivity contribution in [3.8, 4) is 0 Å². The molecule has 4 rings (SSSR count). The second-order valence-corrected chi connectivity index (χ2v) is 11.1. The van der Waals surface area contributed by atoms with E-state index in [-0.39, 0.29) is 36.3 Å². The van der Waals surface area contributed by atoms with Gasteiger partial charge in [-0.05, 0) is 73.7 Å². The number of amides is 2. The Morgan fingerprint density at radius 1 is 1.00 bits per heavy atom. The zero-order valence-corrected chi connectivity index (χ0v) is 21.7. The molecule has 0 aromatic carbocycles. The van der Waals surface area contributed by atoms with Crippen molar-refractivity contribution in [1.82, 2.24) is 10.6 Å². The zero-order chi connectivity index (χ0) is 26.7. The largest absolute Gasteiger partial charge is 0.507 e. The summed E-state index contributed by atoms with van der Waals surface area (Å²) in [5.41, 5.74) is -0.378. The SMILES string of the molecule is CC[C@@H]1C[C@@H]2C[C@H]3/C=C\C=C/C(=O)NCC[C@H](O)[C@@H]4NC(=O)/C(=C(O)/C=C\CC[C@H](O)[C@H]3[C@@H]2[C@H]1C)C4=O. The predicted octanol–water partition coefficient (Wildman–Crippen LogP) is 2.49. The van der Waals surface area contributed by atoms with E-state index in [2.05, 4.69) is 30.6 Å². The van der Waals surface area contributed by atoms with E-state index >= 15 is 0 Å². The van der Waals surface area contributed by atoms with Crippen molar-refractivity contribution in [3.63, 3.8) is 0 Å². The Balaban J connectivity index is 1.57. The third kappa shape index (κ3) is 5.75. The lowest BCUT2D eigenvalue weighted by Crippen LogP contribution is -2.42. The van der Waals surface area contributed by atoms with Crippen LogP contribution in [0.25, 0.3) is 0 Å². The van der Waals surface area contributed by atoms with Crippen LogP contribution in [0.2, 0.25) is 0 Å². The fourth-order valence-corrected chi connectivity index (χ4v) is 7.22. The molecule has 0 unspecified atom stereocenters. The first-order chi connectivity index (χ1) is 17.7. The molecule has 2 aliphatic carbocycles. The first kappa shape index (κ1) is 27.3. The average molecular weight is 513 g/mol. The molecule has 2 heterocycles. The van der Waals surface area contributed by atoms with Gasteiger partial charge in [0.1, 0.15) is 17.4 Å². The number of hydrogen-bond acceptors (Lipinski definition) is 6. The van der Waals surface area contributed by atoms with Crippen molar-refractivity contribution in [2.24, 2.45) is 35.5 Å². The van der Waals surface area contributed by atoms with Gasteiger partial charge in [-0.3, -0.25) is 14.4 Å². The van der Waals surface area contributed by atoms with Gasteiger partial charge in [-0.2, -0.15) is 0 Å². The van der Waals surface area contributed by atoms with Crippen LogP contribution in [-0.4, -0.2) is 57.7 Å². The minimum Gasteiger partial charge on any atom is -0.507 e. The molecule has 5 N–H and O–H groups in total. The number of aliphatic hydroxyl groups is 3. The molecular formula is C29H40N2O6. The Morgan fingerprint density at radius 3 is 2.54 bits per heavy atom.